The average Bonchev–Trinajstić information content (AvgIpc) is 3.20. The predicted octanol–water partition coefficient (Wildman–Crippen LogP) is 5.44. The van der Waals surface area contributed by atoms with Crippen molar-refractivity contribution in [3.63, 3.8) is 0 Å². The molecule has 0 N–H and O–H groups in total. The van der Waals surface area contributed by atoms with Gasteiger partial charge in [-0.1, -0.05) is 47.7 Å². The first kappa shape index (κ1) is 21.0. The third-order valence-electron chi connectivity index (χ3n) is 4.69. The molecule has 31 heavy (non-hydrogen) atoms. The molecular weight excluding hydrogens is 413 g/mol. The van der Waals surface area contributed by atoms with E-state index in [-0.39, 0.29) is 11.4 Å². The van der Waals surface area contributed by atoms with Gasteiger partial charge in [0.1, 0.15) is 22.8 Å². The number of aromatic nitrogens is 1. The summed E-state index contributed by atoms with van der Waals surface area (Å²) in [5.41, 5.74) is 0.698. The second-order valence-electron chi connectivity index (χ2n) is 7.25. The molecule has 0 aliphatic carbocycles. The average molecular weight is 436 g/mol. The minimum absolute atomic E-state index is 0.243. The number of carbonyl (C=O) groups excluding carboxylic acids is 1. The maximum absolute atomic E-state index is 14.2. The van der Waals surface area contributed by atoms with Gasteiger partial charge in [0.15, 0.2) is 5.13 Å². The van der Waals surface area contributed by atoms with Gasteiger partial charge >= 0.3 is 0 Å². The third kappa shape index (κ3) is 4.73. The minimum Gasteiger partial charge on any atom is -0.457 e. The van der Waals surface area contributed by atoms with Crippen LogP contribution in [-0.4, -0.2) is 43.0 Å². The topological polar surface area (TPSA) is 45.7 Å². The van der Waals surface area contributed by atoms with E-state index in [4.69, 9.17) is 4.74 Å². The van der Waals surface area contributed by atoms with Gasteiger partial charge in [-0.15, -0.1) is 0 Å². The molecule has 4 rings (SSSR count). The summed E-state index contributed by atoms with van der Waals surface area (Å²) in [4.78, 5) is 21.7. The highest BCUT2D eigenvalue weighted by molar-refractivity contribution is 7.22. The van der Waals surface area contributed by atoms with Crippen molar-refractivity contribution in [2.75, 3.05) is 32.1 Å². The highest BCUT2D eigenvalue weighted by atomic mass is 32.1. The van der Waals surface area contributed by atoms with Crippen LogP contribution in [0.25, 0.3) is 10.2 Å². The zero-order valence-corrected chi connectivity index (χ0v) is 18.1. The normalized spacial score (nSPS) is 11.1. The van der Waals surface area contributed by atoms with Crippen LogP contribution in [-0.2, 0) is 0 Å². The molecule has 0 unspecified atom stereocenters. The monoisotopic (exact) mass is 435 g/mol. The fourth-order valence-electron chi connectivity index (χ4n) is 3.10. The standard InChI is InChI=1S/C24H22FN3O2S/c1-27(2)15-16-28(24-26-22-19(25)12-8-14-21(22)31-24)23(29)18-11-6-7-13-20(18)30-17-9-4-3-5-10-17/h3-14H,15-16H2,1-2H3. The molecule has 1 amide bonds. The smallest absolute Gasteiger partial charge is 0.263 e. The molecule has 0 fully saturated rings. The number of amides is 1. The van der Waals surface area contributed by atoms with E-state index in [1.54, 1.807) is 35.2 Å². The maximum Gasteiger partial charge on any atom is 0.263 e. The lowest BCUT2D eigenvalue weighted by molar-refractivity contribution is 0.0983. The van der Waals surface area contributed by atoms with E-state index in [9.17, 15) is 9.18 Å². The van der Waals surface area contributed by atoms with Crippen LogP contribution in [0.1, 0.15) is 10.4 Å². The Balaban J connectivity index is 1.72. The molecule has 4 aromatic rings. The van der Waals surface area contributed by atoms with Crippen LogP contribution in [0.15, 0.2) is 72.8 Å². The van der Waals surface area contributed by atoms with Gasteiger partial charge < -0.3 is 9.64 Å². The number of anilines is 1. The van der Waals surface area contributed by atoms with Crippen molar-refractivity contribution in [1.29, 1.82) is 0 Å². The number of thiazole rings is 1. The molecule has 0 saturated heterocycles. The Kier molecular flexibility index (Phi) is 6.25. The summed E-state index contributed by atoms with van der Waals surface area (Å²) < 4.78 is 20.9. The van der Waals surface area contributed by atoms with E-state index in [1.807, 2.05) is 55.4 Å². The number of hydrogen-bond donors (Lipinski definition) is 0. The van der Waals surface area contributed by atoms with E-state index in [1.165, 1.54) is 17.4 Å². The summed E-state index contributed by atoms with van der Waals surface area (Å²) >= 11 is 1.30. The van der Waals surface area contributed by atoms with Gasteiger partial charge in [0.05, 0.1) is 10.3 Å². The van der Waals surface area contributed by atoms with E-state index in [0.717, 1.165) is 0 Å². The Labute approximate surface area is 184 Å². The lowest BCUT2D eigenvalue weighted by Crippen LogP contribution is -2.36. The summed E-state index contributed by atoms with van der Waals surface area (Å²) in [6.07, 6.45) is 0. The number of para-hydroxylation sites is 3. The Bertz CT molecular complexity index is 1190. The summed E-state index contributed by atoms with van der Waals surface area (Å²) in [7, 11) is 3.88. The van der Waals surface area contributed by atoms with Gasteiger partial charge in [-0.25, -0.2) is 9.37 Å². The van der Waals surface area contributed by atoms with E-state index in [0.29, 0.717) is 40.0 Å². The van der Waals surface area contributed by atoms with Crippen LogP contribution in [0, 0.1) is 5.82 Å². The van der Waals surface area contributed by atoms with Crippen LogP contribution in [0.4, 0.5) is 9.52 Å². The first-order chi connectivity index (χ1) is 15.0. The molecule has 158 valence electrons. The number of likely N-dealkylation sites (N-methyl/N-ethyl adjacent to an activating group) is 1. The summed E-state index contributed by atoms with van der Waals surface area (Å²) in [6, 6.07) is 21.3. The van der Waals surface area contributed by atoms with Crippen molar-refractivity contribution < 1.29 is 13.9 Å². The quantitative estimate of drug-likeness (QED) is 0.388. The molecule has 0 aliphatic rings. The number of rotatable bonds is 7. The number of nitrogens with zero attached hydrogens (tertiary/aromatic N) is 3. The van der Waals surface area contributed by atoms with Crippen molar-refractivity contribution in [2.45, 2.75) is 0 Å². The molecule has 7 heteroatoms. The second kappa shape index (κ2) is 9.24. The molecule has 0 atom stereocenters. The lowest BCUT2D eigenvalue weighted by atomic mass is 10.1. The van der Waals surface area contributed by atoms with Gasteiger partial charge in [-0.3, -0.25) is 9.69 Å². The van der Waals surface area contributed by atoms with E-state index >= 15 is 0 Å². The van der Waals surface area contributed by atoms with Crippen LogP contribution < -0.4 is 9.64 Å². The molecule has 0 saturated carbocycles. The van der Waals surface area contributed by atoms with Gasteiger partial charge in [-0.2, -0.15) is 0 Å². The predicted molar refractivity (Wildman–Crippen MR) is 123 cm³/mol. The first-order valence-electron chi connectivity index (χ1n) is 9.86. The minimum atomic E-state index is -0.396. The van der Waals surface area contributed by atoms with Crippen molar-refractivity contribution in [3.05, 3.63) is 84.2 Å². The second-order valence-corrected chi connectivity index (χ2v) is 8.26. The zero-order valence-electron chi connectivity index (χ0n) is 17.3. The molecule has 1 aromatic heterocycles. The SMILES string of the molecule is CN(C)CCN(C(=O)c1ccccc1Oc1ccccc1)c1nc2c(F)cccc2s1. The largest absolute Gasteiger partial charge is 0.457 e. The first-order valence-corrected chi connectivity index (χ1v) is 10.7. The maximum atomic E-state index is 14.2. The van der Waals surface area contributed by atoms with Crippen LogP contribution in [0.5, 0.6) is 11.5 Å². The number of carbonyl (C=O) groups is 1. The number of ether oxygens (including phenoxy) is 1. The highest BCUT2D eigenvalue weighted by Gasteiger charge is 2.25. The number of halogens is 1. The third-order valence-corrected chi connectivity index (χ3v) is 5.74. The lowest BCUT2D eigenvalue weighted by Gasteiger charge is -2.23. The van der Waals surface area contributed by atoms with Crippen LogP contribution in [0.2, 0.25) is 0 Å². The summed E-state index contributed by atoms with van der Waals surface area (Å²) in [5, 5.41) is 0.460. The number of fused-ring (bicyclic) bond motifs is 1. The van der Waals surface area contributed by atoms with Crippen molar-refractivity contribution >= 4 is 32.6 Å². The Morgan fingerprint density at radius 3 is 2.45 bits per heavy atom. The highest BCUT2D eigenvalue weighted by Crippen LogP contribution is 2.33. The van der Waals surface area contributed by atoms with Crippen molar-refractivity contribution in [2.24, 2.45) is 0 Å². The molecule has 3 aromatic carbocycles. The van der Waals surface area contributed by atoms with Crippen LogP contribution >= 0.6 is 11.3 Å². The summed E-state index contributed by atoms with van der Waals surface area (Å²) in [6.45, 7) is 1.04. The Morgan fingerprint density at radius 1 is 0.968 bits per heavy atom. The van der Waals surface area contributed by atoms with Gasteiger partial charge in [0.2, 0.25) is 0 Å². The van der Waals surface area contributed by atoms with Crippen molar-refractivity contribution in [3.8, 4) is 11.5 Å². The van der Waals surface area contributed by atoms with E-state index in [2.05, 4.69) is 4.98 Å². The molecule has 0 spiro atoms. The molecule has 0 bridgehead atoms. The number of benzene rings is 3. The fraction of sp³-hybridized carbons (Fsp3) is 0.167. The molecular formula is C24H22FN3O2S. The Hall–Kier alpha value is -3.29. The van der Waals surface area contributed by atoms with E-state index < -0.39 is 5.82 Å². The molecule has 0 radical (unpaired) electrons. The molecule has 1 heterocycles. The summed E-state index contributed by atoms with van der Waals surface area (Å²) in [5.74, 6) is 0.464. The fourth-order valence-corrected chi connectivity index (χ4v) is 4.10. The molecule has 5 nitrogen and oxygen atoms in total. The van der Waals surface area contributed by atoms with Crippen molar-refractivity contribution in [1.82, 2.24) is 9.88 Å². The number of hydrogen-bond acceptors (Lipinski definition) is 5. The van der Waals surface area contributed by atoms with Gasteiger partial charge in [0.25, 0.3) is 5.91 Å². The van der Waals surface area contributed by atoms with Gasteiger partial charge in [-0.05, 0) is 50.5 Å². The zero-order chi connectivity index (χ0) is 21.8. The van der Waals surface area contributed by atoms with Crippen LogP contribution in [0.3, 0.4) is 0 Å². The Morgan fingerprint density at radius 2 is 1.71 bits per heavy atom. The molecule has 0 aliphatic heterocycles. The van der Waals surface area contributed by atoms with Gasteiger partial charge in [0, 0.05) is 13.1 Å².